The Labute approximate surface area is 329 Å². The Kier molecular flexibility index (Phi) is 40.0. The molecule has 0 spiro atoms. The van der Waals surface area contributed by atoms with Gasteiger partial charge in [-0.3, -0.25) is 14.2 Å². The fraction of sp³-hybridized carbons (Fsp3) is 0.956. The second kappa shape index (κ2) is 40.7. The van der Waals surface area contributed by atoms with Gasteiger partial charge < -0.3 is 18.5 Å². The maximum Gasteiger partial charge on any atom is 0.330 e. The molecule has 0 heterocycles. The molecule has 0 amide bonds. The lowest BCUT2D eigenvalue weighted by Crippen LogP contribution is -2.25. The van der Waals surface area contributed by atoms with Crippen molar-refractivity contribution in [3.63, 3.8) is 0 Å². The summed E-state index contributed by atoms with van der Waals surface area (Å²) in [5, 5.41) is 0. The molecule has 0 saturated carbocycles. The third kappa shape index (κ3) is 37.8. The Morgan fingerprint density at radius 1 is 0.434 bits per heavy atom. The summed E-state index contributed by atoms with van der Waals surface area (Å²) < 4.78 is 35.2. The lowest BCUT2D eigenvalue weighted by molar-refractivity contribution is -0.159. The van der Waals surface area contributed by atoms with Crippen LogP contribution in [0.2, 0.25) is 0 Å². The number of carbonyl (C=O) groups excluding carboxylic acids is 2. The van der Waals surface area contributed by atoms with Gasteiger partial charge in [0.25, 0.3) is 0 Å². The summed E-state index contributed by atoms with van der Waals surface area (Å²) in [4.78, 5) is 25.3. The Morgan fingerprint density at radius 2 is 0.755 bits per heavy atom. The molecule has 0 radical (unpaired) electrons. The summed E-state index contributed by atoms with van der Waals surface area (Å²) >= 11 is 0. The molecule has 0 aliphatic carbocycles. The highest BCUT2D eigenvalue weighted by Gasteiger charge is 2.25. The van der Waals surface area contributed by atoms with E-state index in [4.69, 9.17) is 18.5 Å². The number of rotatable bonds is 43. The van der Waals surface area contributed by atoms with Gasteiger partial charge in [-0.1, -0.05) is 194 Å². The highest BCUT2D eigenvalue weighted by molar-refractivity contribution is 7.53. The van der Waals surface area contributed by atoms with Crippen molar-refractivity contribution >= 4 is 19.5 Å². The molecular formula is C45H89O7P. The average Bonchev–Trinajstić information content (AvgIpc) is 3.14. The summed E-state index contributed by atoms with van der Waals surface area (Å²) in [6, 6.07) is 0. The van der Waals surface area contributed by atoms with Crippen molar-refractivity contribution in [3.8, 4) is 0 Å². The van der Waals surface area contributed by atoms with Crippen molar-refractivity contribution < 1.29 is 32.7 Å². The predicted molar refractivity (Wildman–Crippen MR) is 225 cm³/mol. The molecule has 7 nitrogen and oxygen atoms in total. The van der Waals surface area contributed by atoms with E-state index >= 15 is 0 Å². The van der Waals surface area contributed by atoms with Crippen LogP contribution >= 0.6 is 7.60 Å². The fourth-order valence-electron chi connectivity index (χ4n) is 7.03. The van der Waals surface area contributed by atoms with Crippen molar-refractivity contribution in [2.45, 2.75) is 252 Å². The molecule has 0 aliphatic rings. The zero-order chi connectivity index (χ0) is 38.9. The summed E-state index contributed by atoms with van der Waals surface area (Å²) in [5.41, 5.74) is 0. The van der Waals surface area contributed by atoms with E-state index < -0.39 is 13.7 Å². The summed E-state index contributed by atoms with van der Waals surface area (Å²) in [7, 11) is -3.18. The zero-order valence-corrected chi connectivity index (χ0v) is 36.6. The molecule has 0 rings (SSSR count). The first-order valence-corrected chi connectivity index (χ1v) is 24.9. The molecule has 0 unspecified atom stereocenters. The van der Waals surface area contributed by atoms with E-state index in [-0.39, 0.29) is 24.7 Å². The van der Waals surface area contributed by atoms with E-state index in [0.29, 0.717) is 38.9 Å². The average molecular weight is 773 g/mol. The quantitative estimate of drug-likeness (QED) is 0.0346. The van der Waals surface area contributed by atoms with Gasteiger partial charge in [0, 0.05) is 12.8 Å². The second-order valence-corrected chi connectivity index (χ2v) is 17.7. The first-order valence-electron chi connectivity index (χ1n) is 23.1. The van der Waals surface area contributed by atoms with Gasteiger partial charge in [-0.2, -0.15) is 0 Å². The Hall–Kier alpha value is -0.910. The fourth-order valence-corrected chi connectivity index (χ4v) is 8.72. The van der Waals surface area contributed by atoms with Crippen molar-refractivity contribution in [2.75, 3.05) is 26.0 Å². The molecule has 0 fully saturated rings. The van der Waals surface area contributed by atoms with Crippen molar-refractivity contribution in [1.29, 1.82) is 0 Å². The third-order valence-electron chi connectivity index (χ3n) is 10.3. The maximum atomic E-state index is 12.9. The van der Waals surface area contributed by atoms with Gasteiger partial charge in [0.1, 0.15) is 12.7 Å². The first kappa shape index (κ1) is 52.1. The van der Waals surface area contributed by atoms with Crippen LogP contribution in [0.1, 0.15) is 246 Å². The van der Waals surface area contributed by atoms with Crippen molar-refractivity contribution in [2.24, 2.45) is 0 Å². The van der Waals surface area contributed by atoms with Crippen LogP contribution in [0.25, 0.3) is 0 Å². The van der Waals surface area contributed by atoms with Crippen LogP contribution in [0, 0.1) is 0 Å². The molecule has 0 aromatic heterocycles. The van der Waals surface area contributed by atoms with Gasteiger partial charge in [0.2, 0.25) is 0 Å². The molecule has 53 heavy (non-hydrogen) atoms. The summed E-state index contributed by atoms with van der Waals surface area (Å²) in [6.45, 7) is 8.80. The molecule has 0 N–H and O–H groups in total. The highest BCUT2D eigenvalue weighted by Crippen LogP contribution is 2.48. The van der Waals surface area contributed by atoms with Gasteiger partial charge in [-0.25, -0.2) is 0 Å². The van der Waals surface area contributed by atoms with E-state index in [1.807, 2.05) is 0 Å². The minimum atomic E-state index is -3.18. The molecule has 1 atom stereocenters. The lowest BCUT2D eigenvalue weighted by atomic mass is 10.0. The molecule has 8 heteroatoms. The summed E-state index contributed by atoms with van der Waals surface area (Å²) in [5.74, 6) is -0.488. The van der Waals surface area contributed by atoms with Gasteiger partial charge in [0.15, 0.2) is 0 Å². The van der Waals surface area contributed by atoms with Crippen molar-refractivity contribution in [3.05, 3.63) is 0 Å². The van der Waals surface area contributed by atoms with Gasteiger partial charge in [-0.15, -0.1) is 0 Å². The largest absolute Gasteiger partial charge is 0.462 e. The van der Waals surface area contributed by atoms with Crippen LogP contribution in [-0.2, 0) is 32.7 Å². The topological polar surface area (TPSA) is 88.1 Å². The second-order valence-electron chi connectivity index (χ2n) is 15.5. The normalized spacial score (nSPS) is 12.3. The molecule has 0 aromatic carbocycles. The minimum absolute atomic E-state index is 0.0374. The number of ether oxygens (including phenoxy) is 2. The van der Waals surface area contributed by atoms with Crippen LogP contribution in [0.15, 0.2) is 0 Å². The van der Waals surface area contributed by atoms with Crippen molar-refractivity contribution in [1.82, 2.24) is 0 Å². The lowest BCUT2D eigenvalue weighted by Gasteiger charge is -2.20. The van der Waals surface area contributed by atoms with E-state index in [1.165, 1.54) is 154 Å². The predicted octanol–water partition coefficient (Wildman–Crippen LogP) is 15.0. The Bertz CT molecular complexity index is 826. The molecular weight excluding hydrogens is 683 g/mol. The number of hydrogen-bond donors (Lipinski definition) is 0. The number of esters is 2. The summed E-state index contributed by atoms with van der Waals surface area (Å²) in [6.07, 6.45) is 39.9. The Balaban J connectivity index is 4.24. The van der Waals surface area contributed by atoms with E-state index in [1.54, 1.807) is 13.8 Å². The molecule has 0 aliphatic heterocycles. The molecule has 0 bridgehead atoms. The minimum Gasteiger partial charge on any atom is -0.462 e. The van der Waals surface area contributed by atoms with Gasteiger partial charge >= 0.3 is 19.5 Å². The standard InChI is InChI=1S/C45H89O7P/c1-5-9-11-13-15-17-19-21-23-25-27-29-31-33-35-39-44(46)49-42-43(38-37-41-53(48,50-7-3)51-8-4)52-45(47)40-36-34-32-30-28-26-24-22-20-18-16-14-12-10-6-2/h43H,5-42H2,1-4H3/t43-/m0/s1. The van der Waals surface area contributed by atoms with Crippen LogP contribution in [0.5, 0.6) is 0 Å². The van der Waals surface area contributed by atoms with E-state index in [0.717, 1.165) is 38.5 Å². The SMILES string of the molecule is CCCCCCCCCCCCCCCCCC(=O)OC[C@H](CCCP(=O)(OCC)OCC)OC(=O)CCCCCCCCCCCCCCCCC. The highest BCUT2D eigenvalue weighted by atomic mass is 31.2. The number of unbranched alkanes of at least 4 members (excludes halogenated alkanes) is 28. The maximum absolute atomic E-state index is 12.9. The van der Waals surface area contributed by atoms with E-state index in [9.17, 15) is 14.2 Å². The zero-order valence-electron chi connectivity index (χ0n) is 35.8. The molecule has 0 saturated heterocycles. The van der Waals surface area contributed by atoms with Crippen LogP contribution < -0.4 is 0 Å². The Morgan fingerprint density at radius 3 is 1.09 bits per heavy atom. The smallest absolute Gasteiger partial charge is 0.330 e. The van der Waals surface area contributed by atoms with Crippen LogP contribution in [0.3, 0.4) is 0 Å². The first-order chi connectivity index (χ1) is 25.9. The number of hydrogen-bond acceptors (Lipinski definition) is 7. The van der Waals surface area contributed by atoms with E-state index in [2.05, 4.69) is 13.8 Å². The van der Waals surface area contributed by atoms with Crippen LogP contribution in [0.4, 0.5) is 0 Å². The van der Waals surface area contributed by atoms with Gasteiger partial charge in [0.05, 0.1) is 19.4 Å². The van der Waals surface area contributed by atoms with Crippen LogP contribution in [-0.4, -0.2) is 44.0 Å². The molecule has 0 aromatic rings. The monoisotopic (exact) mass is 773 g/mol. The molecule has 316 valence electrons. The third-order valence-corrected chi connectivity index (χ3v) is 12.5. The number of carbonyl (C=O) groups is 2. The van der Waals surface area contributed by atoms with Gasteiger partial charge in [-0.05, 0) is 39.5 Å².